The van der Waals surface area contributed by atoms with Crippen LogP contribution in [0, 0.1) is 0 Å². The van der Waals surface area contributed by atoms with Crippen LogP contribution in [0.25, 0.3) is 44.6 Å². The van der Waals surface area contributed by atoms with Crippen molar-refractivity contribution in [3.8, 4) is 22.6 Å². The smallest absolute Gasteiger partial charge is 0.456 e. The molecule has 0 aliphatic carbocycles. The fourth-order valence-electron chi connectivity index (χ4n) is 7.88. The molecule has 0 N–H and O–H groups in total. The summed E-state index contributed by atoms with van der Waals surface area (Å²) < 4.78 is 62.7. The van der Waals surface area contributed by atoms with Crippen molar-refractivity contribution in [3.05, 3.63) is 106 Å². The van der Waals surface area contributed by atoms with Gasteiger partial charge < -0.3 is 46.1 Å². The third kappa shape index (κ3) is 10.7. The Hall–Kier alpha value is -3.14. The van der Waals surface area contributed by atoms with E-state index in [9.17, 15) is 0 Å². The lowest BCUT2D eigenvalue weighted by Crippen LogP contribution is -2.41. The van der Waals surface area contributed by atoms with Crippen molar-refractivity contribution in [2.45, 2.75) is 163 Å². The van der Waals surface area contributed by atoms with Gasteiger partial charge in [0.1, 0.15) is 22.7 Å². The molecule has 0 bridgehead atoms. The van der Waals surface area contributed by atoms with Crippen LogP contribution in [-0.2, 0) is 37.2 Å². The molecule has 16 heteroatoms. The average molecular weight is 1070 g/mol. The minimum atomic E-state index is -0.476. The van der Waals surface area contributed by atoms with Crippen molar-refractivity contribution in [3.63, 3.8) is 0 Å². The summed E-state index contributed by atoms with van der Waals surface area (Å²) in [5.74, 6) is 1.71. The first-order valence-electron chi connectivity index (χ1n) is 23.4. The van der Waals surface area contributed by atoms with Gasteiger partial charge in [-0.15, -0.1) is 0 Å². The number of benzene rings is 4. The van der Waals surface area contributed by atoms with Gasteiger partial charge in [0.15, 0.2) is 0 Å². The molecule has 10 nitrogen and oxygen atoms in total. The zero-order valence-corrected chi connectivity index (χ0v) is 45.6. The molecule has 10 rings (SSSR count). The van der Waals surface area contributed by atoms with Gasteiger partial charge in [-0.3, -0.25) is 0 Å². The van der Waals surface area contributed by atoms with Gasteiger partial charge in [0.2, 0.25) is 0 Å². The summed E-state index contributed by atoms with van der Waals surface area (Å²) in [5, 5.41) is 2.13. The van der Waals surface area contributed by atoms with E-state index in [1.54, 1.807) is 0 Å². The number of fused-ring (bicyclic) bond motifs is 2. The molecule has 6 heterocycles. The Morgan fingerprint density at radius 3 is 1.04 bits per heavy atom. The molecular formula is C53H68B4Br2O10. The minimum Gasteiger partial charge on any atom is -0.456 e. The maximum absolute atomic E-state index is 6.21. The molecular weight excluding hydrogens is 1000 g/mol. The van der Waals surface area contributed by atoms with Crippen molar-refractivity contribution in [1.82, 2.24) is 0 Å². The van der Waals surface area contributed by atoms with Crippen LogP contribution in [0.5, 0.6) is 0 Å². The van der Waals surface area contributed by atoms with Gasteiger partial charge in [-0.25, -0.2) is 0 Å². The van der Waals surface area contributed by atoms with Crippen LogP contribution in [0.15, 0.2) is 115 Å². The Kier molecular flexibility index (Phi) is 14.6. The molecule has 4 aliphatic rings. The number of halogens is 2. The summed E-state index contributed by atoms with van der Waals surface area (Å²) in [6.45, 7) is 32.7. The Balaban J connectivity index is 0.000000166. The molecule has 6 aromatic rings. The Morgan fingerprint density at radius 1 is 0.333 bits per heavy atom. The molecule has 4 aliphatic heterocycles. The molecule has 0 unspecified atom stereocenters. The third-order valence-corrected chi connectivity index (χ3v) is 16.2. The molecule has 4 fully saturated rings. The maximum Gasteiger partial charge on any atom is 0.494 e. The molecule has 366 valence electrons. The highest BCUT2D eigenvalue weighted by molar-refractivity contribution is 9.10. The van der Waals surface area contributed by atoms with Crippen LogP contribution >= 0.6 is 31.9 Å². The fourth-order valence-corrected chi connectivity index (χ4v) is 8.53. The average Bonchev–Trinajstić information content (AvgIpc) is 4.04. The van der Waals surface area contributed by atoms with Crippen LogP contribution in [0.3, 0.4) is 0 Å². The highest BCUT2D eigenvalue weighted by Gasteiger charge is 2.64. The monoisotopic (exact) mass is 1070 g/mol. The number of furan rings is 2. The number of hydrogen-bond donors (Lipinski definition) is 0. The maximum atomic E-state index is 6.21. The molecule has 69 heavy (non-hydrogen) atoms. The number of rotatable bonds is 5. The van der Waals surface area contributed by atoms with Crippen molar-refractivity contribution in [1.29, 1.82) is 0 Å². The van der Waals surface area contributed by atoms with Gasteiger partial charge in [0, 0.05) is 30.8 Å². The number of hydrogen-bond acceptors (Lipinski definition) is 10. The second kappa shape index (κ2) is 18.7. The van der Waals surface area contributed by atoms with E-state index < -0.39 is 21.1 Å². The highest BCUT2D eigenvalue weighted by atomic mass is 79.9. The largest absolute Gasteiger partial charge is 0.494 e. The second-order valence-electron chi connectivity index (χ2n) is 22.3. The van der Waals surface area contributed by atoms with Crippen LogP contribution in [0.1, 0.15) is 118 Å². The van der Waals surface area contributed by atoms with Gasteiger partial charge in [-0.05, 0) is 170 Å². The predicted octanol–water partition coefficient (Wildman–Crippen LogP) is 13.2. The van der Waals surface area contributed by atoms with E-state index in [2.05, 4.69) is 112 Å². The Bertz CT molecular complexity index is 2680. The van der Waals surface area contributed by atoms with Crippen molar-refractivity contribution in [2.75, 3.05) is 0 Å². The molecule has 0 atom stereocenters. The first-order valence-corrected chi connectivity index (χ1v) is 25.0. The van der Waals surface area contributed by atoms with E-state index in [-0.39, 0.29) is 59.4 Å². The SMILES string of the molecule is Brc1ccc(-c2cc3cc(Br)ccc3o2)cc1.C.CC1(C)OB(B2OC(C)(C)C(C)(C)O2)OC1(C)C.CC1(C)OB(c2ccc(-c3cc4cc(B5OC(C)(C)C(C)(C)O5)ccc4o3)cc2)OC1(C)C. The highest BCUT2D eigenvalue weighted by Crippen LogP contribution is 2.44. The summed E-state index contributed by atoms with van der Waals surface area (Å²) in [6.07, 6.45) is 0. The van der Waals surface area contributed by atoms with Gasteiger partial charge in [-0.2, -0.15) is 0 Å². The van der Waals surface area contributed by atoms with E-state index in [1.165, 1.54) is 0 Å². The lowest BCUT2D eigenvalue weighted by atomic mass is 9.49. The van der Waals surface area contributed by atoms with E-state index in [4.69, 9.17) is 46.1 Å². The van der Waals surface area contributed by atoms with Gasteiger partial charge >= 0.3 is 28.3 Å². The zero-order chi connectivity index (χ0) is 49.6. The van der Waals surface area contributed by atoms with E-state index in [0.29, 0.717) is 0 Å². The summed E-state index contributed by atoms with van der Waals surface area (Å²) >= 11 is 6.88. The lowest BCUT2D eigenvalue weighted by Gasteiger charge is -2.32. The Morgan fingerprint density at radius 2 is 0.638 bits per heavy atom. The second-order valence-corrected chi connectivity index (χ2v) is 24.1. The van der Waals surface area contributed by atoms with Gasteiger partial charge in [-0.1, -0.05) is 87.8 Å². The lowest BCUT2D eigenvalue weighted by molar-refractivity contribution is 0.00578. The summed E-state index contributed by atoms with van der Waals surface area (Å²) in [5.41, 5.74) is 2.93. The van der Waals surface area contributed by atoms with E-state index in [1.807, 2.05) is 128 Å². The quantitative estimate of drug-likeness (QED) is 0.155. The zero-order valence-electron chi connectivity index (χ0n) is 42.4. The normalized spacial score (nSPS) is 22.0. The van der Waals surface area contributed by atoms with Crippen molar-refractivity contribution < 1.29 is 46.1 Å². The van der Waals surface area contributed by atoms with E-state index >= 15 is 0 Å². The van der Waals surface area contributed by atoms with Crippen LogP contribution < -0.4 is 10.9 Å². The summed E-state index contributed by atoms with van der Waals surface area (Å²) in [6, 6.07) is 32.5. The predicted molar refractivity (Wildman–Crippen MR) is 289 cm³/mol. The molecule has 2 aromatic heterocycles. The standard InChI is InChI=1S/C26H32B2O5.C14H8Br2O.C12H24B2O4.CH4/c1-23(2)24(3,4)31-27(30-23)19-11-9-17(10-12-19)22-16-18-15-20(13-14-21(18)29-22)28-32-25(5,6)26(7,8)33-28;15-11-3-1-9(2-4-11)14-8-10-7-12(16)5-6-13(10)17-14;1-9(2)10(3,4)16-13(15-9)14-17-11(5,6)12(7,8)18-14;/h9-16H,1-8H3;1-8H;1-8H3;1H4. The fraction of sp³-hybridized carbons (Fsp3) is 0.472. The third-order valence-electron chi connectivity index (χ3n) is 15.2. The molecule has 4 aromatic carbocycles. The molecule has 0 radical (unpaired) electrons. The van der Waals surface area contributed by atoms with E-state index in [0.717, 1.165) is 64.5 Å². The summed E-state index contributed by atoms with van der Waals surface area (Å²) in [7, 11) is -1.72. The van der Waals surface area contributed by atoms with Crippen LogP contribution in [0.4, 0.5) is 0 Å². The molecule has 4 saturated heterocycles. The van der Waals surface area contributed by atoms with Crippen LogP contribution in [0.2, 0.25) is 0 Å². The minimum absolute atomic E-state index is 0. The molecule has 0 spiro atoms. The first-order chi connectivity index (χ1) is 31.4. The van der Waals surface area contributed by atoms with Crippen molar-refractivity contribution in [2.24, 2.45) is 0 Å². The first kappa shape index (κ1) is 53.7. The molecule has 0 amide bonds. The van der Waals surface area contributed by atoms with Crippen LogP contribution in [-0.4, -0.2) is 73.1 Å². The topological polar surface area (TPSA) is 100 Å². The Labute approximate surface area is 428 Å². The molecule has 0 saturated carbocycles. The summed E-state index contributed by atoms with van der Waals surface area (Å²) in [4.78, 5) is 0. The van der Waals surface area contributed by atoms with Gasteiger partial charge in [0.25, 0.3) is 0 Å². The van der Waals surface area contributed by atoms with Gasteiger partial charge in [0.05, 0.1) is 44.8 Å². The van der Waals surface area contributed by atoms with Crippen molar-refractivity contribution >= 4 is 93.0 Å².